The van der Waals surface area contributed by atoms with Gasteiger partial charge in [0.25, 0.3) is 0 Å². The molecule has 12 heteroatoms. The molecule has 11 nitrogen and oxygen atoms in total. The van der Waals surface area contributed by atoms with Crippen LogP contribution in [0, 0.1) is 5.92 Å². The number of carboxylic acids is 1. The highest BCUT2D eigenvalue weighted by Gasteiger charge is 2.32. The highest BCUT2D eigenvalue weighted by Crippen LogP contribution is 2.13. The molecule has 0 fully saturated rings. The molecule has 3 amide bonds. The van der Waals surface area contributed by atoms with Crippen molar-refractivity contribution in [2.75, 3.05) is 18.6 Å². The lowest BCUT2D eigenvalue weighted by atomic mass is 9.98. The Hall–Kier alpha value is -2.83. The van der Waals surface area contributed by atoms with Gasteiger partial charge in [-0.3, -0.25) is 14.4 Å². The van der Waals surface area contributed by atoms with Crippen molar-refractivity contribution in [3.8, 4) is 5.75 Å². The third kappa shape index (κ3) is 10.1. The Kier molecular flexibility index (Phi) is 13.1. The van der Waals surface area contributed by atoms with Crippen LogP contribution in [0.1, 0.15) is 32.3 Å². The molecule has 35 heavy (non-hydrogen) atoms. The van der Waals surface area contributed by atoms with Crippen molar-refractivity contribution >= 4 is 35.5 Å². The lowest BCUT2D eigenvalue weighted by Gasteiger charge is -2.26. The molecule has 0 aliphatic carbocycles. The van der Waals surface area contributed by atoms with E-state index in [2.05, 4.69) is 16.0 Å². The molecule has 0 aliphatic heterocycles. The van der Waals surface area contributed by atoms with Gasteiger partial charge in [0, 0.05) is 6.42 Å². The number of aliphatic hydroxyl groups is 1. The smallest absolute Gasteiger partial charge is 0.326 e. The van der Waals surface area contributed by atoms with Gasteiger partial charge in [0.2, 0.25) is 17.7 Å². The van der Waals surface area contributed by atoms with Crippen LogP contribution in [0.25, 0.3) is 0 Å². The van der Waals surface area contributed by atoms with E-state index in [4.69, 9.17) is 10.8 Å². The molecule has 0 bridgehead atoms. The molecule has 0 saturated carbocycles. The minimum atomic E-state index is -1.21. The molecule has 1 aromatic rings. The first-order valence-electron chi connectivity index (χ1n) is 11.3. The summed E-state index contributed by atoms with van der Waals surface area (Å²) in [5, 5.41) is 35.8. The van der Waals surface area contributed by atoms with E-state index in [9.17, 15) is 29.4 Å². The number of nitrogens with two attached hydrogens (primary N) is 1. The highest BCUT2D eigenvalue weighted by molar-refractivity contribution is 7.98. The fourth-order valence-electron chi connectivity index (χ4n) is 3.15. The first-order valence-corrected chi connectivity index (χ1v) is 12.7. The first kappa shape index (κ1) is 30.2. The van der Waals surface area contributed by atoms with Crippen molar-refractivity contribution in [2.45, 2.75) is 57.3 Å². The topological polar surface area (TPSA) is 191 Å². The maximum absolute atomic E-state index is 13.1. The highest BCUT2D eigenvalue weighted by atomic mass is 32.2. The van der Waals surface area contributed by atoms with Gasteiger partial charge in [0.1, 0.15) is 29.9 Å². The normalized spacial score (nSPS) is 15.2. The molecule has 0 radical (unpaired) electrons. The van der Waals surface area contributed by atoms with E-state index < -0.39 is 54.5 Å². The van der Waals surface area contributed by atoms with E-state index in [1.165, 1.54) is 23.9 Å². The summed E-state index contributed by atoms with van der Waals surface area (Å²) in [7, 11) is 0. The summed E-state index contributed by atoms with van der Waals surface area (Å²) in [6, 6.07) is 1.50. The van der Waals surface area contributed by atoms with Crippen LogP contribution < -0.4 is 21.7 Å². The second-order valence-corrected chi connectivity index (χ2v) is 9.26. The first-order chi connectivity index (χ1) is 16.5. The SMILES string of the molecule is CCC(C)C(NC(=O)C(Cc1ccc(O)cc1)NC(=O)C(CCSC)NC(=O)C(N)CO)C(=O)O. The van der Waals surface area contributed by atoms with Crippen LogP contribution in [0.5, 0.6) is 5.75 Å². The minimum absolute atomic E-state index is 0.0179. The van der Waals surface area contributed by atoms with Gasteiger partial charge in [0.05, 0.1) is 6.61 Å². The van der Waals surface area contributed by atoms with Crippen LogP contribution in [0.15, 0.2) is 24.3 Å². The molecule has 0 saturated heterocycles. The number of carbonyl (C=O) groups is 4. The number of rotatable bonds is 15. The third-order valence-corrected chi connectivity index (χ3v) is 6.21. The Morgan fingerprint density at radius 1 is 1.00 bits per heavy atom. The van der Waals surface area contributed by atoms with Crippen molar-refractivity contribution in [1.82, 2.24) is 16.0 Å². The van der Waals surface area contributed by atoms with Crippen LogP contribution in [0.3, 0.4) is 0 Å². The number of hydrogen-bond acceptors (Lipinski definition) is 8. The largest absolute Gasteiger partial charge is 0.508 e. The fourth-order valence-corrected chi connectivity index (χ4v) is 3.62. The molecule has 0 heterocycles. The number of amides is 3. The van der Waals surface area contributed by atoms with E-state index in [1.807, 2.05) is 6.26 Å². The van der Waals surface area contributed by atoms with E-state index in [0.29, 0.717) is 17.7 Å². The Labute approximate surface area is 209 Å². The van der Waals surface area contributed by atoms with Gasteiger partial charge < -0.3 is 37.0 Å². The van der Waals surface area contributed by atoms with E-state index in [1.54, 1.807) is 26.0 Å². The summed E-state index contributed by atoms with van der Waals surface area (Å²) in [4.78, 5) is 50.1. The fraction of sp³-hybridized carbons (Fsp3) is 0.565. The number of aliphatic carboxylic acids is 1. The van der Waals surface area contributed by atoms with E-state index >= 15 is 0 Å². The molecule has 0 aliphatic rings. The van der Waals surface area contributed by atoms with Gasteiger partial charge in [-0.25, -0.2) is 4.79 Å². The van der Waals surface area contributed by atoms with Gasteiger partial charge in [-0.15, -0.1) is 0 Å². The summed E-state index contributed by atoms with van der Waals surface area (Å²) < 4.78 is 0. The number of carboxylic acid groups (broad SMARTS) is 1. The summed E-state index contributed by atoms with van der Waals surface area (Å²) in [6.45, 7) is 2.91. The number of carbonyl (C=O) groups excluding carboxylic acids is 3. The standard InChI is InChI=1S/C23H36N4O7S/c1-4-13(2)19(23(33)34)27-22(32)18(11-14-5-7-15(29)8-6-14)26-21(31)17(9-10-35-3)25-20(30)16(24)12-28/h5-8,13,16-19,28-29H,4,9-12,24H2,1-3H3,(H,25,30)(H,26,31)(H,27,32)(H,33,34). The lowest BCUT2D eigenvalue weighted by molar-refractivity contribution is -0.143. The van der Waals surface area contributed by atoms with E-state index in [-0.39, 0.29) is 24.5 Å². The summed E-state index contributed by atoms with van der Waals surface area (Å²) >= 11 is 1.45. The average molecular weight is 513 g/mol. The molecule has 196 valence electrons. The number of benzene rings is 1. The summed E-state index contributed by atoms with van der Waals surface area (Å²) in [5.41, 5.74) is 6.16. The number of thioether (sulfide) groups is 1. The van der Waals surface area contributed by atoms with E-state index in [0.717, 1.165) is 0 Å². The van der Waals surface area contributed by atoms with Crippen LogP contribution in [0.4, 0.5) is 0 Å². The molecule has 0 aromatic heterocycles. The van der Waals surface area contributed by atoms with Gasteiger partial charge in [-0.2, -0.15) is 11.8 Å². The predicted molar refractivity (Wildman–Crippen MR) is 133 cm³/mol. The lowest BCUT2D eigenvalue weighted by Crippen LogP contribution is -2.58. The quantitative estimate of drug-likeness (QED) is 0.164. The number of phenolic OH excluding ortho intramolecular Hbond substituents is 1. The number of phenols is 1. The van der Waals surface area contributed by atoms with Crippen molar-refractivity contribution in [3.05, 3.63) is 29.8 Å². The number of hydrogen-bond donors (Lipinski definition) is 7. The molecule has 0 spiro atoms. The molecule has 8 N–H and O–H groups in total. The van der Waals surface area contributed by atoms with Crippen molar-refractivity contribution < 1.29 is 34.5 Å². The maximum atomic E-state index is 13.1. The van der Waals surface area contributed by atoms with Gasteiger partial charge in [0.15, 0.2) is 0 Å². The van der Waals surface area contributed by atoms with Gasteiger partial charge in [-0.05, 0) is 42.0 Å². The molecule has 5 atom stereocenters. The zero-order valence-electron chi connectivity index (χ0n) is 20.2. The number of aliphatic hydroxyl groups excluding tert-OH is 1. The van der Waals surface area contributed by atoms with Crippen LogP contribution in [-0.4, -0.2) is 81.8 Å². The molecule has 1 aromatic carbocycles. The monoisotopic (exact) mass is 512 g/mol. The molecule has 1 rings (SSSR count). The van der Waals surface area contributed by atoms with Crippen LogP contribution in [0.2, 0.25) is 0 Å². The number of aromatic hydroxyl groups is 1. The second-order valence-electron chi connectivity index (χ2n) is 8.27. The average Bonchev–Trinajstić information content (AvgIpc) is 2.84. The van der Waals surface area contributed by atoms with Crippen molar-refractivity contribution in [3.63, 3.8) is 0 Å². The second kappa shape index (κ2) is 15.2. The Morgan fingerprint density at radius 3 is 2.09 bits per heavy atom. The predicted octanol–water partition coefficient (Wildman–Crippen LogP) is -0.407. The Morgan fingerprint density at radius 2 is 1.57 bits per heavy atom. The Balaban J connectivity index is 3.15. The maximum Gasteiger partial charge on any atom is 0.326 e. The Bertz CT molecular complexity index is 853. The zero-order chi connectivity index (χ0) is 26.5. The van der Waals surface area contributed by atoms with Crippen LogP contribution >= 0.6 is 11.8 Å². The van der Waals surface area contributed by atoms with Crippen molar-refractivity contribution in [1.29, 1.82) is 0 Å². The van der Waals surface area contributed by atoms with Gasteiger partial charge >= 0.3 is 5.97 Å². The number of nitrogens with one attached hydrogen (secondary N) is 3. The third-order valence-electron chi connectivity index (χ3n) is 5.56. The van der Waals surface area contributed by atoms with Crippen LogP contribution in [-0.2, 0) is 25.6 Å². The zero-order valence-corrected chi connectivity index (χ0v) is 21.0. The minimum Gasteiger partial charge on any atom is -0.508 e. The molecular weight excluding hydrogens is 476 g/mol. The van der Waals surface area contributed by atoms with Gasteiger partial charge in [-0.1, -0.05) is 32.4 Å². The molecular formula is C23H36N4O7S. The summed E-state index contributed by atoms with van der Waals surface area (Å²) in [5.74, 6) is -3.04. The molecule has 5 unspecified atom stereocenters. The summed E-state index contributed by atoms with van der Waals surface area (Å²) in [6.07, 6.45) is 2.61. The van der Waals surface area contributed by atoms with Crippen molar-refractivity contribution in [2.24, 2.45) is 11.7 Å².